The van der Waals surface area contributed by atoms with E-state index in [1.807, 2.05) is 0 Å². The first-order chi connectivity index (χ1) is 58.5. The highest BCUT2D eigenvalue weighted by atomic mass is 15.0. The van der Waals surface area contributed by atoms with Crippen LogP contribution in [0.2, 0.25) is 0 Å². The summed E-state index contributed by atoms with van der Waals surface area (Å²) in [4.78, 5) is 0. The topological polar surface area (TPSA) is 19.7 Å². The van der Waals surface area contributed by atoms with Gasteiger partial charge in [-0.1, -0.05) is 303 Å². The molecular formula is C114H70N4. The Bertz CT molecular complexity index is 8780. The van der Waals surface area contributed by atoms with Crippen molar-refractivity contribution in [3.63, 3.8) is 0 Å². The highest BCUT2D eigenvalue weighted by molar-refractivity contribution is 6.33. The number of nitrogens with zero attached hydrogens (tertiary/aromatic N) is 4. The van der Waals surface area contributed by atoms with E-state index in [4.69, 9.17) is 0 Å². The zero-order valence-corrected chi connectivity index (χ0v) is 64.2. The molecule has 0 spiro atoms. The molecule has 26 rings (SSSR count). The largest absolute Gasteiger partial charge is 0.309 e. The van der Waals surface area contributed by atoms with E-state index in [9.17, 15) is 0 Å². The van der Waals surface area contributed by atoms with Gasteiger partial charge < -0.3 is 18.3 Å². The lowest BCUT2D eigenvalue weighted by Crippen LogP contribution is -1.97. The van der Waals surface area contributed by atoms with E-state index in [1.165, 1.54) is 235 Å². The molecule has 0 radical (unpaired) electrons. The fourth-order valence-corrected chi connectivity index (χ4v) is 20.2. The molecule has 0 amide bonds. The van der Waals surface area contributed by atoms with Gasteiger partial charge in [-0.25, -0.2) is 0 Å². The van der Waals surface area contributed by atoms with E-state index in [0.29, 0.717) is 0 Å². The molecule has 0 saturated carbocycles. The monoisotopic (exact) mass is 1490 g/mol. The van der Waals surface area contributed by atoms with Crippen LogP contribution in [-0.2, 0) is 0 Å². The lowest BCUT2D eigenvalue weighted by atomic mass is 9.90. The molecule has 4 heteroatoms. The summed E-state index contributed by atoms with van der Waals surface area (Å²) in [7, 11) is 0. The van der Waals surface area contributed by atoms with Crippen LogP contribution in [0.4, 0.5) is 0 Å². The number of para-hydroxylation sites is 4. The molecule has 4 heterocycles. The van der Waals surface area contributed by atoms with Crippen LogP contribution in [-0.4, -0.2) is 18.3 Å². The molecule has 0 aliphatic carbocycles. The third-order valence-corrected chi connectivity index (χ3v) is 25.5. The van der Waals surface area contributed by atoms with Crippen LogP contribution < -0.4 is 0 Å². The molecule has 118 heavy (non-hydrogen) atoms. The number of aromatic nitrogens is 4. The standard InChI is InChI=1S/C58H36N2.C56H34N2/c1-2-14-39-32-45(29-26-37(39)12-1)60-55-23-10-8-20-49(55)53-35-41(28-31-57(53)60)40-27-30-56-52(34-40)48-19-7-9-22-54(48)59(56)44-16-11-15-42(33-44)51-36-43-25-24-38-13-3-4-17-46(38)58(43)50-21-6-5-18-47(50)51;1-2-14-36-31-39(28-25-35(36)13-1)57-51-23-11-9-19-44(51)48-32-37(26-29-53(48)57)38-27-30-54-49(33-38)45-20-10-12-24-52(45)58(54)55-34-50-42-17-4-3-15-40(42)41-16-5-7-21-46(41)56(50)47-22-8-6-18-43(47)55/h1-36H;1-34H. The summed E-state index contributed by atoms with van der Waals surface area (Å²) >= 11 is 0. The number of hydrogen-bond acceptors (Lipinski definition) is 0. The predicted molar refractivity (Wildman–Crippen MR) is 504 cm³/mol. The Morgan fingerprint density at radius 3 is 0.932 bits per heavy atom. The van der Waals surface area contributed by atoms with Crippen LogP contribution in [0.15, 0.2) is 425 Å². The molecule has 0 aliphatic heterocycles. The molecule has 26 aromatic rings. The average Bonchev–Trinajstić information content (AvgIpc) is 1.32. The third-order valence-electron chi connectivity index (χ3n) is 25.5. The summed E-state index contributed by atoms with van der Waals surface area (Å²) < 4.78 is 9.77. The fraction of sp³-hybridized carbons (Fsp3) is 0. The molecule has 22 aromatic carbocycles. The molecule has 0 fully saturated rings. The van der Waals surface area contributed by atoms with Crippen LogP contribution in [0.1, 0.15) is 0 Å². The minimum absolute atomic E-state index is 1.15. The highest BCUT2D eigenvalue weighted by Crippen LogP contribution is 2.47. The van der Waals surface area contributed by atoms with Crippen LogP contribution in [0.25, 0.3) is 240 Å². The fourth-order valence-electron chi connectivity index (χ4n) is 20.2. The normalized spacial score (nSPS) is 12.1. The maximum Gasteiger partial charge on any atom is 0.0547 e. The van der Waals surface area contributed by atoms with Crippen molar-refractivity contribution in [2.75, 3.05) is 0 Å². The van der Waals surface area contributed by atoms with Gasteiger partial charge in [-0.3, -0.25) is 0 Å². The van der Waals surface area contributed by atoms with Crippen molar-refractivity contribution in [2.45, 2.75) is 0 Å². The van der Waals surface area contributed by atoms with Gasteiger partial charge in [0.1, 0.15) is 0 Å². The van der Waals surface area contributed by atoms with Crippen LogP contribution in [0, 0.1) is 0 Å². The highest BCUT2D eigenvalue weighted by Gasteiger charge is 2.23. The Kier molecular flexibility index (Phi) is 14.5. The maximum atomic E-state index is 2.50. The van der Waals surface area contributed by atoms with Gasteiger partial charge >= 0.3 is 0 Å². The van der Waals surface area contributed by atoms with E-state index in [2.05, 4.69) is 443 Å². The zero-order valence-electron chi connectivity index (χ0n) is 64.2. The first-order valence-corrected chi connectivity index (χ1v) is 40.8. The van der Waals surface area contributed by atoms with Crippen LogP contribution in [0.3, 0.4) is 0 Å². The van der Waals surface area contributed by atoms with Gasteiger partial charge in [-0.05, 0) is 246 Å². The average molecular weight is 1500 g/mol. The Morgan fingerprint density at radius 2 is 0.449 bits per heavy atom. The summed E-state index contributed by atoms with van der Waals surface area (Å²) in [5, 5.41) is 33.0. The number of fused-ring (bicyclic) bond motifs is 27. The Labute approximate surface area is 678 Å². The molecule has 4 nitrogen and oxygen atoms in total. The summed E-state index contributed by atoms with van der Waals surface area (Å²) in [6.45, 7) is 0. The van der Waals surface area contributed by atoms with Gasteiger partial charge in [0.15, 0.2) is 0 Å². The molecule has 0 bridgehead atoms. The molecule has 0 aliphatic rings. The van der Waals surface area contributed by atoms with Crippen molar-refractivity contribution >= 4 is 184 Å². The van der Waals surface area contributed by atoms with Gasteiger partial charge in [0.25, 0.3) is 0 Å². The Balaban J connectivity index is 0.000000132. The summed E-state index contributed by atoms with van der Waals surface area (Å²) in [5.74, 6) is 0. The molecule has 546 valence electrons. The number of benzene rings is 22. The Hall–Kier alpha value is -15.6. The van der Waals surface area contributed by atoms with Crippen molar-refractivity contribution < 1.29 is 0 Å². The lowest BCUT2D eigenvalue weighted by Gasteiger charge is -2.17. The summed E-state index contributed by atoms with van der Waals surface area (Å²) in [6.07, 6.45) is 0. The van der Waals surface area contributed by atoms with Crippen molar-refractivity contribution in [3.8, 4) is 56.1 Å². The molecule has 0 N–H and O–H groups in total. The van der Waals surface area contributed by atoms with Crippen LogP contribution in [0.5, 0.6) is 0 Å². The van der Waals surface area contributed by atoms with Gasteiger partial charge in [0.2, 0.25) is 0 Å². The minimum atomic E-state index is 1.15. The smallest absolute Gasteiger partial charge is 0.0547 e. The molecule has 0 atom stereocenters. The third kappa shape index (κ3) is 10.0. The van der Waals surface area contributed by atoms with Gasteiger partial charge in [-0.2, -0.15) is 0 Å². The summed E-state index contributed by atoms with van der Waals surface area (Å²) in [6, 6.07) is 157. The minimum Gasteiger partial charge on any atom is -0.309 e. The van der Waals surface area contributed by atoms with Gasteiger partial charge in [0.05, 0.1) is 49.8 Å². The van der Waals surface area contributed by atoms with Gasteiger partial charge in [0, 0.05) is 65.5 Å². The second-order valence-electron chi connectivity index (χ2n) is 31.8. The van der Waals surface area contributed by atoms with E-state index >= 15 is 0 Å². The molecular weight excluding hydrogens is 1430 g/mol. The van der Waals surface area contributed by atoms with E-state index in [1.54, 1.807) is 0 Å². The quantitative estimate of drug-likeness (QED) is 0.142. The Morgan fingerprint density at radius 1 is 0.127 bits per heavy atom. The van der Waals surface area contributed by atoms with E-state index in [0.717, 1.165) is 5.69 Å². The second kappa shape index (κ2) is 26.0. The molecule has 0 saturated heterocycles. The second-order valence-corrected chi connectivity index (χ2v) is 31.8. The first-order valence-electron chi connectivity index (χ1n) is 40.8. The van der Waals surface area contributed by atoms with Crippen molar-refractivity contribution in [1.29, 1.82) is 0 Å². The van der Waals surface area contributed by atoms with E-state index < -0.39 is 0 Å². The lowest BCUT2D eigenvalue weighted by molar-refractivity contribution is 1.18. The van der Waals surface area contributed by atoms with Crippen molar-refractivity contribution in [1.82, 2.24) is 18.3 Å². The predicted octanol–water partition coefficient (Wildman–Crippen LogP) is 31.1. The first kappa shape index (κ1) is 65.9. The summed E-state index contributed by atoms with van der Waals surface area (Å²) in [5.41, 5.74) is 21.6. The van der Waals surface area contributed by atoms with Crippen molar-refractivity contribution in [2.24, 2.45) is 0 Å². The van der Waals surface area contributed by atoms with Crippen LogP contribution >= 0.6 is 0 Å². The maximum absolute atomic E-state index is 2.50. The zero-order chi connectivity index (χ0) is 77.2. The molecule has 4 aromatic heterocycles. The number of hydrogen-bond donors (Lipinski definition) is 0. The van der Waals surface area contributed by atoms with E-state index in [-0.39, 0.29) is 0 Å². The van der Waals surface area contributed by atoms with Gasteiger partial charge in [-0.15, -0.1) is 0 Å². The van der Waals surface area contributed by atoms with Crippen molar-refractivity contribution in [3.05, 3.63) is 425 Å². The molecule has 0 unspecified atom stereocenters. The number of rotatable bonds is 7. The SMILES string of the molecule is c1cc(-c2cc3ccc4ccccc4c3c3ccccc23)cc(-n2c3ccccc3c3cc(-c4ccc5c(c4)c4ccccc4n5-c4ccc5ccccc5c4)ccc32)c1.c1ccc2cc(-n3c4ccccc4c4cc(-c5ccc6c(c5)c5ccccc5n6-c5cc6c7ccccc7c7ccccc7c6c6ccccc56)ccc43)ccc2c1.